The van der Waals surface area contributed by atoms with E-state index in [2.05, 4.69) is 31.4 Å². The van der Waals surface area contributed by atoms with Gasteiger partial charge in [0.25, 0.3) is 0 Å². The molecule has 1 amide bonds. The van der Waals surface area contributed by atoms with Crippen LogP contribution < -0.4 is 5.32 Å². The minimum atomic E-state index is -0.621. The predicted octanol–water partition coefficient (Wildman–Crippen LogP) is 4.16. The molecule has 0 aliphatic heterocycles. The van der Waals surface area contributed by atoms with Gasteiger partial charge in [-0.2, -0.15) is 9.78 Å². The first-order valence-corrected chi connectivity index (χ1v) is 9.90. The normalized spacial score (nSPS) is 11.0. The van der Waals surface area contributed by atoms with Gasteiger partial charge in [-0.1, -0.05) is 17.7 Å². The molecule has 3 rings (SSSR count). The van der Waals surface area contributed by atoms with Gasteiger partial charge in [-0.05, 0) is 59.3 Å². The summed E-state index contributed by atoms with van der Waals surface area (Å²) in [5, 5.41) is 22.3. The van der Waals surface area contributed by atoms with Gasteiger partial charge in [0.2, 0.25) is 5.91 Å². The van der Waals surface area contributed by atoms with Crippen molar-refractivity contribution in [1.82, 2.24) is 19.6 Å². The quantitative estimate of drug-likeness (QED) is 0.405. The van der Waals surface area contributed by atoms with Crippen LogP contribution in [0.3, 0.4) is 0 Å². The lowest BCUT2D eigenvalue weighted by molar-refractivity contribution is -0.390. The van der Waals surface area contributed by atoms with Gasteiger partial charge in [-0.25, -0.2) is 4.39 Å². The number of carbonyl (C=O) groups excluding carboxylic acids is 1. The Bertz CT molecular complexity index is 1160. The maximum absolute atomic E-state index is 13.3. The molecule has 0 radical (unpaired) electrons. The number of hydrogen-bond acceptors (Lipinski definition) is 5. The third-order valence-electron chi connectivity index (χ3n) is 4.56. The third-order valence-corrected chi connectivity index (χ3v) is 5.84. The summed E-state index contributed by atoms with van der Waals surface area (Å²) >= 11 is 9.21. The van der Waals surface area contributed by atoms with Crippen LogP contribution in [-0.2, 0) is 17.9 Å². The molecule has 1 aromatic carbocycles. The van der Waals surface area contributed by atoms with Crippen molar-refractivity contribution in [3.05, 3.63) is 66.3 Å². The summed E-state index contributed by atoms with van der Waals surface area (Å²) in [6, 6.07) is 4.13. The molecule has 0 saturated heterocycles. The number of nitro groups is 1. The summed E-state index contributed by atoms with van der Waals surface area (Å²) in [4.78, 5) is 22.9. The highest BCUT2D eigenvalue weighted by Crippen LogP contribution is 2.27. The second kappa shape index (κ2) is 8.52. The van der Waals surface area contributed by atoms with Gasteiger partial charge in [-0.15, -0.1) is 0 Å². The maximum atomic E-state index is 13.3. The summed E-state index contributed by atoms with van der Waals surface area (Å²) in [6.07, 6.45) is 0. The van der Waals surface area contributed by atoms with E-state index in [1.54, 1.807) is 31.5 Å². The van der Waals surface area contributed by atoms with Crippen LogP contribution in [0.4, 0.5) is 15.9 Å². The van der Waals surface area contributed by atoms with E-state index in [1.807, 2.05) is 0 Å². The molecule has 158 valence electrons. The first-order valence-electron chi connectivity index (χ1n) is 8.73. The van der Waals surface area contributed by atoms with Crippen LogP contribution in [0.15, 0.2) is 22.7 Å². The van der Waals surface area contributed by atoms with E-state index in [0.717, 1.165) is 0 Å². The second-order valence-corrected chi connectivity index (χ2v) is 7.83. The number of nitrogens with one attached hydrogen (secondary N) is 1. The third kappa shape index (κ3) is 4.36. The fraction of sp³-hybridized carbons (Fsp3) is 0.278. The van der Waals surface area contributed by atoms with Gasteiger partial charge in [0.1, 0.15) is 16.8 Å². The van der Waals surface area contributed by atoms with Gasteiger partial charge in [-0.3, -0.25) is 9.48 Å². The first-order chi connectivity index (χ1) is 14.1. The molecule has 0 bridgehead atoms. The Labute approximate surface area is 184 Å². The fourth-order valence-corrected chi connectivity index (χ4v) is 3.59. The number of hydrogen-bond donors (Lipinski definition) is 1. The summed E-state index contributed by atoms with van der Waals surface area (Å²) in [5.74, 6) is -1.18. The summed E-state index contributed by atoms with van der Waals surface area (Å²) < 4.78 is 16.4. The lowest BCUT2D eigenvalue weighted by Gasteiger charge is -2.08. The molecule has 0 fully saturated rings. The van der Waals surface area contributed by atoms with E-state index in [0.29, 0.717) is 34.9 Å². The van der Waals surface area contributed by atoms with Crippen molar-refractivity contribution in [2.75, 3.05) is 5.32 Å². The summed E-state index contributed by atoms with van der Waals surface area (Å²) in [6.45, 7) is 5.25. The first kappa shape index (κ1) is 21.9. The van der Waals surface area contributed by atoms with Crippen LogP contribution in [0.1, 0.15) is 22.6 Å². The van der Waals surface area contributed by atoms with E-state index in [1.165, 1.54) is 16.8 Å². The molecule has 2 heterocycles. The molecule has 0 saturated carbocycles. The molecule has 0 atom stereocenters. The molecule has 9 nitrogen and oxygen atoms in total. The highest BCUT2D eigenvalue weighted by atomic mass is 79.9. The molecule has 30 heavy (non-hydrogen) atoms. The zero-order valence-corrected chi connectivity index (χ0v) is 18.6. The van der Waals surface area contributed by atoms with E-state index in [-0.39, 0.29) is 21.9 Å². The van der Waals surface area contributed by atoms with Gasteiger partial charge in [0, 0.05) is 5.02 Å². The molecule has 2 aromatic heterocycles. The number of aromatic nitrogens is 4. The molecule has 3 aromatic rings. The Morgan fingerprint density at radius 2 is 1.97 bits per heavy atom. The van der Waals surface area contributed by atoms with E-state index in [9.17, 15) is 19.3 Å². The Balaban J connectivity index is 1.78. The van der Waals surface area contributed by atoms with Crippen LogP contribution in [0.5, 0.6) is 0 Å². The van der Waals surface area contributed by atoms with Crippen LogP contribution >= 0.6 is 27.5 Å². The molecule has 12 heteroatoms. The van der Waals surface area contributed by atoms with Crippen molar-refractivity contribution < 1.29 is 14.1 Å². The lowest BCUT2D eigenvalue weighted by Crippen LogP contribution is -2.21. The predicted molar refractivity (Wildman–Crippen MR) is 112 cm³/mol. The van der Waals surface area contributed by atoms with E-state index in [4.69, 9.17) is 11.6 Å². The average Bonchev–Trinajstić information content (AvgIpc) is 3.09. The monoisotopic (exact) mass is 498 g/mol. The van der Waals surface area contributed by atoms with Crippen molar-refractivity contribution in [2.45, 2.75) is 33.9 Å². The number of rotatable bonds is 6. The zero-order valence-electron chi connectivity index (χ0n) is 16.2. The molecular weight excluding hydrogens is 483 g/mol. The molecule has 0 spiro atoms. The summed E-state index contributed by atoms with van der Waals surface area (Å²) in [5.41, 5.74) is 2.95. The molecule has 0 aliphatic rings. The van der Waals surface area contributed by atoms with Crippen LogP contribution in [0.25, 0.3) is 0 Å². The highest BCUT2D eigenvalue weighted by molar-refractivity contribution is 9.10. The maximum Gasteiger partial charge on any atom is 0.404 e. The van der Waals surface area contributed by atoms with E-state index >= 15 is 0 Å². The number of nitrogens with zero attached hydrogens (tertiary/aromatic N) is 5. The van der Waals surface area contributed by atoms with Crippen molar-refractivity contribution in [2.24, 2.45) is 0 Å². The van der Waals surface area contributed by atoms with Gasteiger partial charge >= 0.3 is 5.82 Å². The Morgan fingerprint density at radius 3 is 2.57 bits per heavy atom. The molecular formula is C18H17BrClFN6O3. The van der Waals surface area contributed by atoms with Crippen LogP contribution in [-0.4, -0.2) is 30.4 Å². The number of benzene rings is 1. The zero-order chi connectivity index (χ0) is 22.2. The Hall–Kier alpha value is -2.79. The summed E-state index contributed by atoms with van der Waals surface area (Å²) in [7, 11) is 0. The standard InChI is InChI=1S/C18H17BrClFN6O3/c1-9-17(11(3)25(23-9)7-12-4-5-13(21)6-14(12)20)22-15(28)8-26-10(2)16(19)18(24-26)27(29)30/h4-6H,7-8H2,1-3H3,(H,22,28). The molecule has 1 N–H and O–H groups in total. The lowest BCUT2D eigenvalue weighted by atomic mass is 10.2. The van der Waals surface area contributed by atoms with Crippen molar-refractivity contribution in [1.29, 1.82) is 0 Å². The minimum Gasteiger partial charge on any atom is -0.358 e. The fourth-order valence-electron chi connectivity index (χ4n) is 2.94. The number of halogens is 3. The van der Waals surface area contributed by atoms with Crippen molar-refractivity contribution >= 4 is 44.9 Å². The Morgan fingerprint density at radius 1 is 1.27 bits per heavy atom. The molecule has 0 unspecified atom stereocenters. The minimum absolute atomic E-state index is 0.202. The van der Waals surface area contributed by atoms with Gasteiger partial charge in [0.05, 0.1) is 34.4 Å². The average molecular weight is 500 g/mol. The second-order valence-electron chi connectivity index (χ2n) is 6.63. The number of aryl methyl sites for hydroxylation is 1. The van der Waals surface area contributed by atoms with E-state index < -0.39 is 16.6 Å². The molecule has 0 aliphatic carbocycles. The number of amides is 1. The van der Waals surface area contributed by atoms with Crippen molar-refractivity contribution in [3.63, 3.8) is 0 Å². The highest BCUT2D eigenvalue weighted by Gasteiger charge is 2.25. The SMILES string of the molecule is Cc1nn(Cc2ccc(F)cc2Cl)c(C)c1NC(=O)Cn1nc([N+](=O)[O-])c(Br)c1C. The van der Waals surface area contributed by atoms with Gasteiger partial charge < -0.3 is 15.4 Å². The van der Waals surface area contributed by atoms with Crippen LogP contribution in [0, 0.1) is 36.7 Å². The number of anilines is 1. The van der Waals surface area contributed by atoms with Crippen LogP contribution in [0.2, 0.25) is 5.02 Å². The van der Waals surface area contributed by atoms with Crippen molar-refractivity contribution in [3.8, 4) is 0 Å². The smallest absolute Gasteiger partial charge is 0.358 e. The largest absolute Gasteiger partial charge is 0.404 e. The topological polar surface area (TPSA) is 108 Å². The number of carbonyl (C=O) groups is 1. The van der Waals surface area contributed by atoms with Gasteiger partial charge in [0.15, 0.2) is 0 Å². The Kier molecular flexibility index (Phi) is 6.22.